The number of hydrogen-bond donors (Lipinski definition) is 0. The van der Waals surface area contributed by atoms with Crippen LogP contribution in [0, 0.1) is 0 Å². The van der Waals surface area contributed by atoms with Gasteiger partial charge in [0.25, 0.3) is 5.91 Å². The van der Waals surface area contributed by atoms with Crippen LogP contribution in [-0.4, -0.2) is 53.3 Å². The van der Waals surface area contributed by atoms with Crippen LogP contribution in [0.15, 0.2) is 35.7 Å². The molecule has 120 valence electrons. The van der Waals surface area contributed by atoms with E-state index in [1.165, 1.54) is 11.3 Å². The fourth-order valence-electron chi connectivity index (χ4n) is 2.80. The number of amides is 2. The summed E-state index contributed by atoms with van der Waals surface area (Å²) in [7, 11) is 3.44. The highest BCUT2D eigenvalue weighted by molar-refractivity contribution is 7.13. The van der Waals surface area contributed by atoms with E-state index in [0.717, 1.165) is 23.4 Å². The standard InChI is InChI=1S/C17H19N3O2S/c1-19(2)17(22)14-9-6-10-20(14)16(21)13-11-23-15(18-13)12-7-4-3-5-8-12/h3-5,7-8,11,14H,6,9-10H2,1-2H3. The van der Waals surface area contributed by atoms with Crippen LogP contribution in [0.4, 0.5) is 0 Å². The first kappa shape index (κ1) is 15.7. The molecule has 1 unspecified atom stereocenters. The second-order valence-electron chi connectivity index (χ2n) is 5.79. The second kappa shape index (κ2) is 6.50. The zero-order valence-electron chi connectivity index (χ0n) is 13.2. The molecule has 5 nitrogen and oxygen atoms in total. The maximum absolute atomic E-state index is 12.7. The zero-order chi connectivity index (χ0) is 16.4. The third-order valence-electron chi connectivity index (χ3n) is 3.98. The fourth-order valence-corrected chi connectivity index (χ4v) is 3.60. The van der Waals surface area contributed by atoms with Gasteiger partial charge >= 0.3 is 0 Å². The number of nitrogens with zero attached hydrogens (tertiary/aromatic N) is 3. The minimum absolute atomic E-state index is 0.0191. The molecule has 0 aliphatic carbocycles. The van der Waals surface area contributed by atoms with Crippen LogP contribution in [0.1, 0.15) is 23.3 Å². The number of likely N-dealkylation sites (tertiary alicyclic amines) is 1. The summed E-state index contributed by atoms with van der Waals surface area (Å²) in [6, 6.07) is 9.43. The first-order chi connectivity index (χ1) is 11.1. The highest BCUT2D eigenvalue weighted by Gasteiger charge is 2.36. The van der Waals surface area contributed by atoms with E-state index in [0.29, 0.717) is 12.2 Å². The van der Waals surface area contributed by atoms with Crippen LogP contribution in [0.3, 0.4) is 0 Å². The SMILES string of the molecule is CN(C)C(=O)C1CCCN1C(=O)c1csc(-c2ccccc2)n1. The van der Waals surface area contributed by atoms with E-state index in [1.54, 1.807) is 29.3 Å². The summed E-state index contributed by atoms with van der Waals surface area (Å²) in [6.07, 6.45) is 1.57. The average molecular weight is 329 g/mol. The van der Waals surface area contributed by atoms with Crippen molar-refractivity contribution in [2.75, 3.05) is 20.6 Å². The van der Waals surface area contributed by atoms with Crippen LogP contribution in [0.5, 0.6) is 0 Å². The monoisotopic (exact) mass is 329 g/mol. The van der Waals surface area contributed by atoms with E-state index in [1.807, 2.05) is 30.3 Å². The molecule has 0 bridgehead atoms. The largest absolute Gasteiger partial charge is 0.347 e. The van der Waals surface area contributed by atoms with Crippen LogP contribution >= 0.6 is 11.3 Å². The van der Waals surface area contributed by atoms with Gasteiger partial charge in [-0.2, -0.15) is 0 Å². The van der Waals surface area contributed by atoms with Gasteiger partial charge in [0.2, 0.25) is 5.91 Å². The molecule has 23 heavy (non-hydrogen) atoms. The van der Waals surface area contributed by atoms with Crippen molar-refractivity contribution in [3.05, 3.63) is 41.4 Å². The average Bonchev–Trinajstić information content (AvgIpc) is 3.23. The Morgan fingerprint density at radius 3 is 2.70 bits per heavy atom. The topological polar surface area (TPSA) is 53.5 Å². The Hall–Kier alpha value is -2.21. The van der Waals surface area contributed by atoms with E-state index in [2.05, 4.69) is 4.98 Å². The molecule has 2 heterocycles. The predicted molar refractivity (Wildman–Crippen MR) is 90.3 cm³/mol. The van der Waals surface area contributed by atoms with Gasteiger partial charge in [0.05, 0.1) is 0 Å². The lowest BCUT2D eigenvalue weighted by molar-refractivity contribution is -0.132. The highest BCUT2D eigenvalue weighted by Crippen LogP contribution is 2.26. The number of likely N-dealkylation sites (N-methyl/N-ethyl adjacent to an activating group) is 1. The molecule has 1 aromatic carbocycles. The van der Waals surface area contributed by atoms with Crippen molar-refractivity contribution in [3.8, 4) is 10.6 Å². The smallest absolute Gasteiger partial charge is 0.274 e. The summed E-state index contributed by atoms with van der Waals surface area (Å²) in [5.74, 6) is -0.171. The molecule has 2 aromatic rings. The lowest BCUT2D eigenvalue weighted by atomic mass is 10.2. The lowest BCUT2D eigenvalue weighted by Gasteiger charge is -2.25. The molecule has 0 radical (unpaired) electrons. The van der Waals surface area contributed by atoms with Gasteiger partial charge in [0, 0.05) is 31.6 Å². The van der Waals surface area contributed by atoms with Crippen LogP contribution < -0.4 is 0 Å². The Kier molecular flexibility index (Phi) is 4.43. The minimum atomic E-state index is -0.362. The van der Waals surface area contributed by atoms with E-state index >= 15 is 0 Å². The molecule has 1 atom stereocenters. The van der Waals surface area contributed by atoms with Crippen molar-refractivity contribution < 1.29 is 9.59 Å². The van der Waals surface area contributed by atoms with Crippen LogP contribution in [0.25, 0.3) is 10.6 Å². The number of rotatable bonds is 3. The lowest BCUT2D eigenvalue weighted by Crippen LogP contribution is -2.45. The Labute approximate surface area is 139 Å². The van der Waals surface area contributed by atoms with Crippen molar-refractivity contribution >= 4 is 23.2 Å². The fraction of sp³-hybridized carbons (Fsp3) is 0.353. The molecular weight excluding hydrogens is 310 g/mol. The number of carbonyl (C=O) groups excluding carboxylic acids is 2. The van der Waals surface area contributed by atoms with Crippen LogP contribution in [-0.2, 0) is 4.79 Å². The van der Waals surface area contributed by atoms with Crippen molar-refractivity contribution in [1.82, 2.24) is 14.8 Å². The van der Waals surface area contributed by atoms with Gasteiger partial charge < -0.3 is 9.80 Å². The number of benzene rings is 1. The molecule has 1 aromatic heterocycles. The highest BCUT2D eigenvalue weighted by atomic mass is 32.1. The molecular formula is C17H19N3O2S. The van der Waals surface area contributed by atoms with E-state index in [-0.39, 0.29) is 17.9 Å². The van der Waals surface area contributed by atoms with E-state index < -0.39 is 0 Å². The summed E-state index contributed by atoms with van der Waals surface area (Å²) < 4.78 is 0. The first-order valence-electron chi connectivity index (χ1n) is 7.61. The molecule has 1 aliphatic rings. The van der Waals surface area contributed by atoms with Crippen LogP contribution in [0.2, 0.25) is 0 Å². The van der Waals surface area contributed by atoms with E-state index in [4.69, 9.17) is 0 Å². The predicted octanol–water partition coefficient (Wildman–Crippen LogP) is 2.50. The zero-order valence-corrected chi connectivity index (χ0v) is 14.0. The molecule has 1 aliphatic heterocycles. The normalized spacial score (nSPS) is 17.3. The molecule has 0 N–H and O–H groups in total. The number of thiazole rings is 1. The van der Waals surface area contributed by atoms with Gasteiger partial charge in [-0.15, -0.1) is 11.3 Å². The number of carbonyl (C=O) groups is 2. The maximum atomic E-state index is 12.7. The summed E-state index contributed by atoms with van der Waals surface area (Å²) in [4.78, 5) is 32.6. The quantitative estimate of drug-likeness (QED) is 0.869. The number of aromatic nitrogens is 1. The van der Waals surface area contributed by atoms with Gasteiger partial charge in [0.1, 0.15) is 16.7 Å². The van der Waals surface area contributed by atoms with Gasteiger partial charge in [0.15, 0.2) is 0 Å². The molecule has 6 heteroatoms. The Morgan fingerprint density at radius 2 is 2.00 bits per heavy atom. The van der Waals surface area contributed by atoms with Gasteiger partial charge in [-0.1, -0.05) is 30.3 Å². The molecule has 1 fully saturated rings. The second-order valence-corrected chi connectivity index (χ2v) is 6.65. The van der Waals surface area contributed by atoms with Crippen molar-refractivity contribution in [2.24, 2.45) is 0 Å². The third kappa shape index (κ3) is 3.12. The van der Waals surface area contributed by atoms with Crippen molar-refractivity contribution in [3.63, 3.8) is 0 Å². The summed E-state index contributed by atoms with van der Waals surface area (Å²) in [5.41, 5.74) is 1.42. The van der Waals surface area contributed by atoms with E-state index in [9.17, 15) is 9.59 Å². The number of hydrogen-bond acceptors (Lipinski definition) is 4. The van der Waals surface area contributed by atoms with Gasteiger partial charge in [-0.25, -0.2) is 4.98 Å². The summed E-state index contributed by atoms with van der Waals surface area (Å²) >= 11 is 1.45. The molecule has 1 saturated heterocycles. The molecule has 2 amide bonds. The van der Waals surface area contributed by atoms with Gasteiger partial charge in [-0.05, 0) is 12.8 Å². The maximum Gasteiger partial charge on any atom is 0.274 e. The summed E-state index contributed by atoms with van der Waals surface area (Å²) in [5, 5.41) is 2.60. The molecule has 3 rings (SSSR count). The first-order valence-corrected chi connectivity index (χ1v) is 8.49. The molecule has 0 spiro atoms. The Bertz CT molecular complexity index is 712. The summed E-state index contributed by atoms with van der Waals surface area (Å²) in [6.45, 7) is 0.612. The van der Waals surface area contributed by atoms with Crippen molar-refractivity contribution in [1.29, 1.82) is 0 Å². The minimum Gasteiger partial charge on any atom is -0.347 e. The Morgan fingerprint density at radius 1 is 1.26 bits per heavy atom. The Balaban J connectivity index is 1.81. The third-order valence-corrected chi connectivity index (χ3v) is 4.87. The molecule has 0 saturated carbocycles. The van der Waals surface area contributed by atoms with Crippen molar-refractivity contribution in [2.45, 2.75) is 18.9 Å². The van der Waals surface area contributed by atoms with Gasteiger partial charge in [-0.3, -0.25) is 9.59 Å².